The molecule has 0 atom stereocenters. The predicted octanol–water partition coefficient (Wildman–Crippen LogP) is 5.03. The third-order valence-electron chi connectivity index (χ3n) is 4.68. The van der Waals surface area contributed by atoms with Crippen LogP contribution in [0.5, 0.6) is 0 Å². The molecule has 1 aliphatic carbocycles. The number of aryl methyl sites for hydroxylation is 1. The standard InChI is InChI=1S/C19H20N2O3S2/c1-2-13-6-8-15(9-7-13)21-26(22,23)18-11-10-17(25-18)16-12-20-19(24-16)14-4-3-5-14/h6-12,14,21H,2-5H2,1H3. The Hall–Kier alpha value is -2.12. The zero-order valence-corrected chi connectivity index (χ0v) is 16.1. The van der Waals surface area contributed by atoms with Gasteiger partial charge in [0.05, 0.1) is 11.1 Å². The lowest BCUT2D eigenvalue weighted by Crippen LogP contribution is -2.11. The van der Waals surface area contributed by atoms with Crippen molar-refractivity contribution in [3.05, 3.63) is 54.0 Å². The van der Waals surface area contributed by atoms with Gasteiger partial charge in [0.2, 0.25) is 0 Å². The monoisotopic (exact) mass is 388 g/mol. The largest absolute Gasteiger partial charge is 0.440 e. The van der Waals surface area contributed by atoms with Gasteiger partial charge in [-0.15, -0.1) is 11.3 Å². The van der Waals surface area contributed by atoms with Gasteiger partial charge in [-0.2, -0.15) is 0 Å². The number of rotatable bonds is 6. The van der Waals surface area contributed by atoms with Gasteiger partial charge < -0.3 is 4.42 Å². The lowest BCUT2D eigenvalue weighted by molar-refractivity contribution is 0.338. The number of hydrogen-bond donors (Lipinski definition) is 1. The molecule has 7 heteroatoms. The molecule has 26 heavy (non-hydrogen) atoms. The predicted molar refractivity (Wildman–Crippen MR) is 103 cm³/mol. The maximum Gasteiger partial charge on any atom is 0.271 e. The molecule has 0 bridgehead atoms. The number of hydrogen-bond acceptors (Lipinski definition) is 5. The molecule has 1 fully saturated rings. The van der Waals surface area contributed by atoms with E-state index >= 15 is 0 Å². The molecule has 1 saturated carbocycles. The van der Waals surface area contributed by atoms with Crippen LogP contribution in [0.2, 0.25) is 0 Å². The van der Waals surface area contributed by atoms with Crippen LogP contribution in [0.15, 0.2) is 51.2 Å². The van der Waals surface area contributed by atoms with Crippen molar-refractivity contribution in [1.29, 1.82) is 0 Å². The lowest BCUT2D eigenvalue weighted by atomic mass is 9.85. The van der Waals surface area contributed by atoms with E-state index in [0.29, 0.717) is 17.4 Å². The van der Waals surface area contributed by atoms with Crippen LogP contribution in [-0.4, -0.2) is 13.4 Å². The second-order valence-electron chi connectivity index (χ2n) is 6.47. The van der Waals surface area contributed by atoms with E-state index in [9.17, 15) is 8.42 Å². The van der Waals surface area contributed by atoms with Crippen molar-refractivity contribution < 1.29 is 12.8 Å². The Morgan fingerprint density at radius 3 is 2.62 bits per heavy atom. The highest BCUT2D eigenvalue weighted by Gasteiger charge is 2.25. The second-order valence-corrected chi connectivity index (χ2v) is 9.46. The average Bonchev–Trinajstić information content (AvgIpc) is 3.23. The van der Waals surface area contributed by atoms with Crippen molar-refractivity contribution in [3.8, 4) is 10.6 Å². The molecule has 1 aliphatic rings. The average molecular weight is 389 g/mol. The molecule has 2 aromatic heterocycles. The number of aromatic nitrogens is 1. The van der Waals surface area contributed by atoms with E-state index in [2.05, 4.69) is 16.6 Å². The Kier molecular flexibility index (Phi) is 4.58. The summed E-state index contributed by atoms with van der Waals surface area (Å²) in [4.78, 5) is 5.11. The van der Waals surface area contributed by atoms with E-state index in [1.807, 2.05) is 12.1 Å². The van der Waals surface area contributed by atoms with Crippen molar-refractivity contribution in [3.63, 3.8) is 0 Å². The minimum atomic E-state index is -3.62. The minimum absolute atomic E-state index is 0.258. The Balaban J connectivity index is 1.52. The van der Waals surface area contributed by atoms with Crippen LogP contribution in [0.4, 0.5) is 5.69 Å². The van der Waals surface area contributed by atoms with Crippen LogP contribution < -0.4 is 4.72 Å². The normalized spacial score (nSPS) is 15.0. The van der Waals surface area contributed by atoms with Crippen LogP contribution in [0.1, 0.15) is 43.6 Å². The fraction of sp³-hybridized carbons (Fsp3) is 0.316. The van der Waals surface area contributed by atoms with Crippen molar-refractivity contribution >= 4 is 27.0 Å². The summed E-state index contributed by atoms with van der Waals surface area (Å²) in [6, 6.07) is 10.8. The summed E-state index contributed by atoms with van der Waals surface area (Å²) in [5.41, 5.74) is 1.73. The van der Waals surface area contributed by atoms with Gasteiger partial charge in [-0.3, -0.25) is 4.72 Å². The Morgan fingerprint density at radius 1 is 1.19 bits per heavy atom. The Bertz CT molecular complexity index is 1000. The molecule has 2 heterocycles. The van der Waals surface area contributed by atoms with Gasteiger partial charge in [0.25, 0.3) is 10.0 Å². The number of thiophene rings is 1. The molecule has 4 rings (SSSR count). The quantitative estimate of drug-likeness (QED) is 0.642. The number of oxazole rings is 1. The third kappa shape index (κ3) is 3.41. The number of nitrogens with zero attached hydrogens (tertiary/aromatic N) is 1. The van der Waals surface area contributed by atoms with Gasteiger partial charge in [-0.25, -0.2) is 13.4 Å². The molecule has 136 valence electrons. The first-order valence-electron chi connectivity index (χ1n) is 8.73. The Morgan fingerprint density at radius 2 is 1.96 bits per heavy atom. The van der Waals surface area contributed by atoms with E-state index in [4.69, 9.17) is 4.42 Å². The molecule has 1 aromatic carbocycles. The van der Waals surface area contributed by atoms with E-state index in [1.54, 1.807) is 30.5 Å². The van der Waals surface area contributed by atoms with Crippen molar-refractivity contribution in [1.82, 2.24) is 4.98 Å². The summed E-state index contributed by atoms with van der Waals surface area (Å²) in [5, 5.41) is 0. The number of anilines is 1. The summed E-state index contributed by atoms with van der Waals surface area (Å²) in [7, 11) is -3.62. The highest BCUT2D eigenvalue weighted by atomic mass is 32.2. The number of nitrogens with one attached hydrogen (secondary N) is 1. The summed E-state index contributed by atoms with van der Waals surface area (Å²) in [6.07, 6.45) is 6.05. The lowest BCUT2D eigenvalue weighted by Gasteiger charge is -2.21. The molecule has 0 aliphatic heterocycles. The summed E-state index contributed by atoms with van der Waals surface area (Å²) in [5.74, 6) is 1.81. The van der Waals surface area contributed by atoms with Gasteiger partial charge in [0, 0.05) is 11.6 Å². The van der Waals surface area contributed by atoms with Gasteiger partial charge in [-0.05, 0) is 49.1 Å². The van der Waals surface area contributed by atoms with Gasteiger partial charge in [0.1, 0.15) is 4.21 Å². The first kappa shape index (κ1) is 17.3. The van der Waals surface area contributed by atoms with Crippen molar-refractivity contribution in [2.45, 2.75) is 42.7 Å². The molecule has 0 radical (unpaired) electrons. The van der Waals surface area contributed by atoms with Gasteiger partial charge >= 0.3 is 0 Å². The fourth-order valence-corrected chi connectivity index (χ4v) is 5.17. The summed E-state index contributed by atoms with van der Waals surface area (Å²) in [6.45, 7) is 2.06. The smallest absolute Gasteiger partial charge is 0.271 e. The van der Waals surface area contributed by atoms with E-state index < -0.39 is 10.0 Å². The van der Waals surface area contributed by atoms with Crippen LogP contribution in [0.3, 0.4) is 0 Å². The van der Waals surface area contributed by atoms with E-state index in [0.717, 1.165) is 30.0 Å². The van der Waals surface area contributed by atoms with Crippen LogP contribution in [-0.2, 0) is 16.4 Å². The first-order valence-corrected chi connectivity index (χ1v) is 11.0. The maximum atomic E-state index is 12.6. The topological polar surface area (TPSA) is 72.2 Å². The third-order valence-corrected chi connectivity index (χ3v) is 7.65. The van der Waals surface area contributed by atoms with Gasteiger partial charge in [0.15, 0.2) is 11.7 Å². The highest BCUT2D eigenvalue weighted by molar-refractivity contribution is 7.94. The molecule has 5 nitrogen and oxygen atoms in total. The van der Waals surface area contributed by atoms with Crippen LogP contribution in [0, 0.1) is 0 Å². The molecule has 3 aromatic rings. The van der Waals surface area contributed by atoms with Crippen LogP contribution in [0.25, 0.3) is 10.6 Å². The zero-order chi connectivity index (χ0) is 18.1. The van der Waals surface area contributed by atoms with Crippen LogP contribution >= 0.6 is 11.3 Å². The molecule has 0 amide bonds. The molecule has 0 saturated heterocycles. The molecular weight excluding hydrogens is 368 g/mol. The first-order chi connectivity index (χ1) is 12.5. The summed E-state index contributed by atoms with van der Waals surface area (Å²) < 4.78 is 34.0. The minimum Gasteiger partial charge on any atom is -0.440 e. The van der Waals surface area contributed by atoms with E-state index in [1.165, 1.54) is 23.3 Å². The van der Waals surface area contributed by atoms with Gasteiger partial charge in [-0.1, -0.05) is 25.5 Å². The number of benzene rings is 1. The highest BCUT2D eigenvalue weighted by Crippen LogP contribution is 2.38. The van der Waals surface area contributed by atoms with Crippen molar-refractivity contribution in [2.75, 3.05) is 4.72 Å². The molecule has 1 N–H and O–H groups in total. The number of sulfonamides is 1. The molecular formula is C19H20N2O3S2. The second kappa shape index (κ2) is 6.89. The maximum absolute atomic E-state index is 12.6. The SMILES string of the molecule is CCc1ccc(NS(=O)(=O)c2ccc(-c3cnc(C4CCC4)o3)s2)cc1. The fourth-order valence-electron chi connectivity index (χ4n) is 2.86. The van der Waals surface area contributed by atoms with Crippen molar-refractivity contribution in [2.24, 2.45) is 0 Å². The summed E-state index contributed by atoms with van der Waals surface area (Å²) >= 11 is 1.19. The molecule has 0 spiro atoms. The zero-order valence-electron chi connectivity index (χ0n) is 14.4. The molecule has 0 unspecified atom stereocenters. The Labute approximate surface area is 157 Å². The van der Waals surface area contributed by atoms with E-state index in [-0.39, 0.29) is 4.21 Å².